The number of hydrogen-bond acceptors (Lipinski definition) is 6. The molecule has 1 fully saturated rings. The first-order chi connectivity index (χ1) is 14.4. The van der Waals surface area contributed by atoms with Crippen molar-refractivity contribution >= 4 is 34.1 Å². The van der Waals surface area contributed by atoms with Crippen molar-refractivity contribution in [1.29, 1.82) is 0 Å². The van der Waals surface area contributed by atoms with Gasteiger partial charge in [0, 0.05) is 23.1 Å². The van der Waals surface area contributed by atoms with E-state index in [-0.39, 0.29) is 22.2 Å². The number of methoxy groups -OCH3 is 2. The molecule has 30 heavy (non-hydrogen) atoms. The third-order valence-electron chi connectivity index (χ3n) is 5.48. The molecule has 7 nitrogen and oxygen atoms in total. The minimum absolute atomic E-state index is 0.0125. The second kappa shape index (κ2) is 7.99. The fourth-order valence-corrected chi connectivity index (χ4v) is 3.63. The zero-order chi connectivity index (χ0) is 21.3. The lowest BCUT2D eigenvalue weighted by Gasteiger charge is -2.36. The van der Waals surface area contributed by atoms with Gasteiger partial charge in [-0.2, -0.15) is 0 Å². The van der Waals surface area contributed by atoms with Crippen LogP contribution in [-0.4, -0.2) is 30.1 Å². The number of nitrogens with one attached hydrogen (secondary N) is 1. The minimum Gasteiger partial charge on any atom is -0.493 e. The SMILES string of the molecule is COc1cc2nccc(Oc3ncc(NC(=O)C4(C)CCC4)cc3Cl)c2cc1OC. The van der Waals surface area contributed by atoms with Crippen LogP contribution >= 0.6 is 11.6 Å². The average Bonchev–Trinajstić information content (AvgIpc) is 2.72. The fraction of sp³-hybridized carbons (Fsp3) is 0.318. The van der Waals surface area contributed by atoms with Gasteiger partial charge >= 0.3 is 0 Å². The normalized spacial score (nSPS) is 14.7. The summed E-state index contributed by atoms with van der Waals surface area (Å²) >= 11 is 6.38. The molecule has 156 valence electrons. The van der Waals surface area contributed by atoms with E-state index in [1.165, 1.54) is 6.20 Å². The van der Waals surface area contributed by atoms with Gasteiger partial charge in [-0.3, -0.25) is 9.78 Å². The topological polar surface area (TPSA) is 82.6 Å². The highest BCUT2D eigenvalue weighted by Gasteiger charge is 2.39. The molecule has 1 aromatic carbocycles. The lowest BCUT2D eigenvalue weighted by atomic mass is 9.70. The van der Waals surface area contributed by atoms with Crippen LogP contribution < -0.4 is 19.5 Å². The van der Waals surface area contributed by atoms with Crippen LogP contribution in [0, 0.1) is 5.41 Å². The summed E-state index contributed by atoms with van der Waals surface area (Å²) in [6, 6.07) is 6.92. The maximum absolute atomic E-state index is 12.4. The van der Waals surface area contributed by atoms with Crippen LogP contribution in [0.1, 0.15) is 26.2 Å². The molecule has 1 N–H and O–H groups in total. The fourth-order valence-electron chi connectivity index (χ4n) is 3.43. The number of halogens is 1. The Kier molecular flexibility index (Phi) is 5.39. The molecule has 0 radical (unpaired) electrons. The van der Waals surface area contributed by atoms with E-state index < -0.39 is 0 Å². The largest absolute Gasteiger partial charge is 0.493 e. The molecule has 8 heteroatoms. The molecule has 0 atom stereocenters. The monoisotopic (exact) mass is 427 g/mol. The highest BCUT2D eigenvalue weighted by atomic mass is 35.5. The van der Waals surface area contributed by atoms with Crippen LogP contribution in [0.25, 0.3) is 10.9 Å². The first kappa shape index (κ1) is 20.2. The predicted octanol–water partition coefficient (Wildman–Crippen LogP) is 5.22. The van der Waals surface area contributed by atoms with Gasteiger partial charge < -0.3 is 19.5 Å². The van der Waals surface area contributed by atoms with Crippen molar-refractivity contribution < 1.29 is 19.0 Å². The van der Waals surface area contributed by atoms with Crippen molar-refractivity contribution in [3.8, 4) is 23.1 Å². The first-order valence-corrected chi connectivity index (χ1v) is 9.97. The van der Waals surface area contributed by atoms with Gasteiger partial charge in [0.2, 0.25) is 11.8 Å². The van der Waals surface area contributed by atoms with Gasteiger partial charge in [-0.1, -0.05) is 24.9 Å². The van der Waals surface area contributed by atoms with Crippen LogP contribution in [0.2, 0.25) is 5.02 Å². The smallest absolute Gasteiger partial charge is 0.238 e. The molecule has 0 spiro atoms. The number of aromatic nitrogens is 2. The van der Waals surface area contributed by atoms with Crippen molar-refractivity contribution in [3.63, 3.8) is 0 Å². The van der Waals surface area contributed by atoms with E-state index in [1.807, 2.05) is 6.92 Å². The molecule has 4 rings (SSSR count). The van der Waals surface area contributed by atoms with Crippen molar-refractivity contribution in [2.75, 3.05) is 19.5 Å². The van der Waals surface area contributed by atoms with Crippen LogP contribution in [0.4, 0.5) is 5.69 Å². The molecule has 0 unspecified atom stereocenters. The summed E-state index contributed by atoms with van der Waals surface area (Å²) in [5.41, 5.74) is 0.910. The molecule has 2 heterocycles. The number of ether oxygens (including phenoxy) is 3. The van der Waals surface area contributed by atoms with Gasteiger partial charge in [-0.15, -0.1) is 0 Å². The number of fused-ring (bicyclic) bond motifs is 1. The predicted molar refractivity (Wildman–Crippen MR) is 115 cm³/mol. The molecule has 2 aromatic heterocycles. The molecule has 1 saturated carbocycles. The Labute approximate surface area is 179 Å². The zero-order valence-electron chi connectivity index (χ0n) is 17.0. The molecule has 1 aliphatic rings. The van der Waals surface area contributed by atoms with Gasteiger partial charge in [0.1, 0.15) is 10.8 Å². The lowest BCUT2D eigenvalue weighted by molar-refractivity contribution is -0.128. The van der Waals surface area contributed by atoms with E-state index in [1.54, 1.807) is 44.7 Å². The third kappa shape index (κ3) is 3.73. The number of anilines is 1. The van der Waals surface area contributed by atoms with Crippen molar-refractivity contribution in [2.24, 2.45) is 5.41 Å². The van der Waals surface area contributed by atoms with E-state index in [4.69, 9.17) is 25.8 Å². The highest BCUT2D eigenvalue weighted by Crippen LogP contribution is 2.42. The maximum atomic E-state index is 12.4. The van der Waals surface area contributed by atoms with Gasteiger partial charge in [0.25, 0.3) is 0 Å². The van der Waals surface area contributed by atoms with Crippen LogP contribution in [0.3, 0.4) is 0 Å². The van der Waals surface area contributed by atoms with Gasteiger partial charge in [-0.25, -0.2) is 4.98 Å². The van der Waals surface area contributed by atoms with Crippen molar-refractivity contribution in [2.45, 2.75) is 26.2 Å². The standard InChI is InChI=1S/C22H22ClN3O4/c1-22(6-4-7-22)21(27)26-13-9-15(23)20(25-12-13)30-17-5-8-24-16-11-19(29-3)18(28-2)10-14(16)17/h5,8-12H,4,6-7H2,1-3H3,(H,26,27). The van der Waals surface area contributed by atoms with E-state index in [0.717, 1.165) is 24.6 Å². The molecule has 0 aliphatic heterocycles. The number of nitrogens with zero attached hydrogens (tertiary/aromatic N) is 2. The third-order valence-corrected chi connectivity index (χ3v) is 5.75. The van der Waals surface area contributed by atoms with Crippen LogP contribution in [0.15, 0.2) is 36.7 Å². The summed E-state index contributed by atoms with van der Waals surface area (Å²) < 4.78 is 16.7. The van der Waals surface area contributed by atoms with E-state index >= 15 is 0 Å². The number of hydrogen-bond donors (Lipinski definition) is 1. The average molecular weight is 428 g/mol. The Hall–Kier alpha value is -3.06. The molecule has 1 amide bonds. The quantitative estimate of drug-likeness (QED) is 0.580. The summed E-state index contributed by atoms with van der Waals surface area (Å²) in [6.45, 7) is 1.97. The molecular weight excluding hydrogens is 406 g/mol. The van der Waals surface area contributed by atoms with E-state index in [0.29, 0.717) is 28.5 Å². The Morgan fingerprint density at radius 3 is 2.47 bits per heavy atom. The van der Waals surface area contributed by atoms with E-state index in [2.05, 4.69) is 15.3 Å². The zero-order valence-corrected chi connectivity index (χ0v) is 17.7. The van der Waals surface area contributed by atoms with Crippen LogP contribution in [0.5, 0.6) is 23.1 Å². The Bertz CT molecular complexity index is 1110. The lowest BCUT2D eigenvalue weighted by Crippen LogP contribution is -2.39. The molecule has 0 bridgehead atoms. The van der Waals surface area contributed by atoms with E-state index in [9.17, 15) is 4.79 Å². The number of rotatable bonds is 6. The number of amides is 1. The maximum Gasteiger partial charge on any atom is 0.238 e. The summed E-state index contributed by atoms with van der Waals surface area (Å²) in [6.07, 6.45) is 6.03. The summed E-state index contributed by atoms with van der Waals surface area (Å²) in [7, 11) is 3.13. The molecule has 1 aliphatic carbocycles. The Morgan fingerprint density at radius 2 is 1.83 bits per heavy atom. The second-order valence-corrected chi connectivity index (χ2v) is 7.92. The first-order valence-electron chi connectivity index (χ1n) is 9.59. The van der Waals surface area contributed by atoms with Gasteiger partial charge in [0.15, 0.2) is 11.5 Å². The van der Waals surface area contributed by atoms with Crippen molar-refractivity contribution in [1.82, 2.24) is 9.97 Å². The van der Waals surface area contributed by atoms with Crippen molar-refractivity contribution in [3.05, 3.63) is 41.7 Å². The van der Waals surface area contributed by atoms with Crippen LogP contribution in [-0.2, 0) is 4.79 Å². The minimum atomic E-state index is -0.308. The Balaban J connectivity index is 1.60. The summed E-state index contributed by atoms with van der Waals surface area (Å²) in [5, 5.41) is 3.91. The highest BCUT2D eigenvalue weighted by molar-refractivity contribution is 6.32. The Morgan fingerprint density at radius 1 is 1.10 bits per heavy atom. The second-order valence-electron chi connectivity index (χ2n) is 7.51. The number of carbonyl (C=O) groups is 1. The van der Waals surface area contributed by atoms with Gasteiger partial charge in [0.05, 0.1) is 31.6 Å². The van der Waals surface area contributed by atoms with Gasteiger partial charge in [-0.05, 0) is 31.0 Å². The molecule has 0 saturated heterocycles. The summed E-state index contributed by atoms with van der Waals surface area (Å²) in [4.78, 5) is 21.1. The summed E-state index contributed by atoms with van der Waals surface area (Å²) in [5.74, 6) is 1.87. The number of carbonyl (C=O) groups excluding carboxylic acids is 1. The molecular formula is C22H22ClN3O4. The molecule has 3 aromatic rings. The number of benzene rings is 1. The number of pyridine rings is 2.